The SMILES string of the molecule is CC1SC(=O)NN=C1c1ccc2c(c1)C(=C(C#N)C#N)C(=O)N2. The van der Waals surface area contributed by atoms with E-state index in [0.717, 1.165) is 11.8 Å². The van der Waals surface area contributed by atoms with Crippen LogP contribution in [0.5, 0.6) is 0 Å². The Labute approximate surface area is 135 Å². The monoisotopic (exact) mass is 323 g/mol. The number of allylic oxidation sites excluding steroid dienone is 1. The van der Waals surface area contributed by atoms with Gasteiger partial charge in [0.2, 0.25) is 0 Å². The van der Waals surface area contributed by atoms with Crippen molar-refractivity contribution >= 4 is 39.9 Å². The quantitative estimate of drug-likeness (QED) is 0.605. The lowest BCUT2D eigenvalue weighted by Gasteiger charge is -2.18. The van der Waals surface area contributed by atoms with Crippen LogP contribution in [0.3, 0.4) is 0 Å². The minimum absolute atomic E-state index is 0.0626. The number of amides is 2. The molecule has 0 spiro atoms. The van der Waals surface area contributed by atoms with Crippen molar-refractivity contribution in [2.75, 3.05) is 5.32 Å². The minimum Gasteiger partial charge on any atom is -0.321 e. The number of nitrogens with one attached hydrogen (secondary N) is 2. The van der Waals surface area contributed by atoms with Crippen LogP contribution in [0.4, 0.5) is 10.5 Å². The Bertz CT molecular complexity index is 872. The molecule has 3 rings (SSSR count). The standard InChI is InChI=1S/C15H9N5O2S/c1-7-13(19-20-15(22)23-7)8-2-3-11-10(4-8)12(14(21)18-11)9(5-16)6-17/h2-4,7H,1H3,(H,18,21)(H,20,22). The molecule has 0 saturated heterocycles. The van der Waals surface area contributed by atoms with Crippen molar-refractivity contribution in [1.82, 2.24) is 5.43 Å². The molecule has 112 valence electrons. The van der Waals surface area contributed by atoms with Gasteiger partial charge in [0, 0.05) is 11.3 Å². The van der Waals surface area contributed by atoms with Gasteiger partial charge in [0.1, 0.15) is 17.7 Å². The molecule has 23 heavy (non-hydrogen) atoms. The molecule has 0 saturated carbocycles. The molecule has 1 atom stereocenters. The average Bonchev–Trinajstić information content (AvgIpc) is 2.84. The third kappa shape index (κ3) is 2.45. The molecule has 0 bridgehead atoms. The molecule has 0 radical (unpaired) electrons. The van der Waals surface area contributed by atoms with Crippen molar-refractivity contribution in [3.63, 3.8) is 0 Å². The molecule has 2 aliphatic heterocycles. The second kappa shape index (κ2) is 5.59. The van der Waals surface area contributed by atoms with Gasteiger partial charge in [0.25, 0.3) is 11.1 Å². The number of rotatable bonds is 1. The summed E-state index contributed by atoms with van der Waals surface area (Å²) < 4.78 is 0. The largest absolute Gasteiger partial charge is 0.321 e. The fourth-order valence-corrected chi connectivity index (χ4v) is 3.17. The first-order chi connectivity index (χ1) is 11.0. The number of carbonyl (C=O) groups excluding carboxylic acids is 2. The predicted molar refractivity (Wildman–Crippen MR) is 85.3 cm³/mol. The van der Waals surface area contributed by atoms with E-state index in [2.05, 4.69) is 15.8 Å². The average molecular weight is 323 g/mol. The number of carbonyl (C=O) groups is 2. The number of benzene rings is 1. The Morgan fingerprint density at radius 1 is 1.30 bits per heavy atom. The lowest BCUT2D eigenvalue weighted by atomic mass is 9.98. The highest BCUT2D eigenvalue weighted by atomic mass is 32.2. The number of thioether (sulfide) groups is 1. The number of anilines is 1. The summed E-state index contributed by atoms with van der Waals surface area (Å²) in [7, 11) is 0. The summed E-state index contributed by atoms with van der Waals surface area (Å²) >= 11 is 1.11. The molecule has 0 fully saturated rings. The van der Waals surface area contributed by atoms with Crippen LogP contribution in [0.15, 0.2) is 28.9 Å². The smallest absolute Gasteiger partial charge is 0.299 e. The Kier molecular flexibility index (Phi) is 3.61. The number of hydrogen-bond acceptors (Lipinski definition) is 6. The number of hydrazone groups is 1. The third-order valence-corrected chi connectivity index (χ3v) is 4.35. The van der Waals surface area contributed by atoms with E-state index < -0.39 is 5.91 Å². The summed E-state index contributed by atoms with van der Waals surface area (Å²) in [6, 6.07) is 8.65. The molecule has 1 aromatic carbocycles. The van der Waals surface area contributed by atoms with Crippen LogP contribution in [0, 0.1) is 22.7 Å². The van der Waals surface area contributed by atoms with E-state index in [9.17, 15) is 9.59 Å². The Balaban J connectivity index is 2.13. The first-order valence-corrected chi connectivity index (χ1v) is 7.48. The number of nitriles is 2. The van der Waals surface area contributed by atoms with Gasteiger partial charge in [0.05, 0.1) is 16.5 Å². The molecule has 7 nitrogen and oxygen atoms in total. The fourth-order valence-electron chi connectivity index (χ4n) is 2.45. The maximum absolute atomic E-state index is 12.0. The zero-order valence-electron chi connectivity index (χ0n) is 11.9. The lowest BCUT2D eigenvalue weighted by Crippen LogP contribution is -2.29. The molecule has 1 unspecified atom stereocenters. The van der Waals surface area contributed by atoms with Crippen LogP contribution in [-0.4, -0.2) is 22.1 Å². The minimum atomic E-state index is -0.475. The zero-order valence-corrected chi connectivity index (χ0v) is 12.7. The summed E-state index contributed by atoms with van der Waals surface area (Å²) in [5.41, 5.74) is 4.64. The number of hydrogen-bond donors (Lipinski definition) is 2. The molecule has 2 N–H and O–H groups in total. The van der Waals surface area contributed by atoms with Crippen LogP contribution in [0.2, 0.25) is 0 Å². The van der Waals surface area contributed by atoms with Crippen LogP contribution in [0.1, 0.15) is 18.1 Å². The van der Waals surface area contributed by atoms with E-state index in [-0.39, 0.29) is 21.6 Å². The van der Waals surface area contributed by atoms with Gasteiger partial charge in [-0.15, -0.1) is 0 Å². The lowest BCUT2D eigenvalue weighted by molar-refractivity contribution is -0.110. The molecule has 0 aromatic heterocycles. The Morgan fingerprint density at radius 2 is 2.04 bits per heavy atom. The number of nitrogens with zero attached hydrogens (tertiary/aromatic N) is 3. The summed E-state index contributed by atoms with van der Waals surface area (Å²) in [5.74, 6) is -0.475. The van der Waals surface area contributed by atoms with Crippen molar-refractivity contribution in [3.05, 3.63) is 34.9 Å². The maximum atomic E-state index is 12.0. The molecule has 8 heteroatoms. The van der Waals surface area contributed by atoms with Crippen LogP contribution < -0.4 is 10.7 Å². The van der Waals surface area contributed by atoms with Gasteiger partial charge in [0.15, 0.2) is 0 Å². The predicted octanol–water partition coefficient (Wildman–Crippen LogP) is 1.99. The van der Waals surface area contributed by atoms with Crippen LogP contribution in [0.25, 0.3) is 5.57 Å². The molecular formula is C15H9N5O2S. The van der Waals surface area contributed by atoms with Gasteiger partial charge >= 0.3 is 0 Å². The van der Waals surface area contributed by atoms with Gasteiger partial charge in [-0.3, -0.25) is 9.59 Å². The molecule has 2 heterocycles. The van der Waals surface area contributed by atoms with Crippen LogP contribution >= 0.6 is 11.8 Å². The Hall–Kier alpha value is -3.10. The number of fused-ring (bicyclic) bond motifs is 1. The molecule has 0 aliphatic carbocycles. The Morgan fingerprint density at radius 3 is 2.70 bits per heavy atom. The molecule has 1 aromatic rings. The zero-order chi connectivity index (χ0) is 16.6. The molecule has 2 aliphatic rings. The third-order valence-electron chi connectivity index (χ3n) is 3.47. The van der Waals surface area contributed by atoms with Gasteiger partial charge in [-0.2, -0.15) is 15.6 Å². The van der Waals surface area contributed by atoms with Gasteiger partial charge < -0.3 is 5.32 Å². The van der Waals surface area contributed by atoms with E-state index in [1.807, 2.05) is 6.92 Å². The first-order valence-electron chi connectivity index (χ1n) is 6.60. The summed E-state index contributed by atoms with van der Waals surface area (Å²) in [6.07, 6.45) is 0. The van der Waals surface area contributed by atoms with Crippen molar-refractivity contribution in [1.29, 1.82) is 10.5 Å². The van der Waals surface area contributed by atoms with Crippen molar-refractivity contribution in [2.24, 2.45) is 5.10 Å². The highest BCUT2D eigenvalue weighted by Crippen LogP contribution is 2.35. The van der Waals surface area contributed by atoms with Crippen LogP contribution in [-0.2, 0) is 4.79 Å². The van der Waals surface area contributed by atoms with Crippen molar-refractivity contribution in [3.8, 4) is 12.1 Å². The first kappa shape index (κ1) is 14.8. The summed E-state index contributed by atoms with van der Waals surface area (Å²) in [6.45, 7) is 1.85. The van der Waals surface area contributed by atoms with Crippen molar-refractivity contribution < 1.29 is 9.59 Å². The van der Waals surface area contributed by atoms with E-state index in [1.165, 1.54) is 0 Å². The van der Waals surface area contributed by atoms with E-state index >= 15 is 0 Å². The topological polar surface area (TPSA) is 118 Å². The maximum Gasteiger partial charge on any atom is 0.299 e. The molecule has 2 amide bonds. The van der Waals surface area contributed by atoms with Crippen molar-refractivity contribution in [2.45, 2.75) is 12.2 Å². The van der Waals surface area contributed by atoms with E-state index in [0.29, 0.717) is 22.5 Å². The highest BCUT2D eigenvalue weighted by Gasteiger charge is 2.30. The molecular weight excluding hydrogens is 314 g/mol. The summed E-state index contributed by atoms with van der Waals surface area (Å²) in [4.78, 5) is 23.3. The second-order valence-electron chi connectivity index (χ2n) is 4.84. The fraction of sp³-hybridized carbons (Fsp3) is 0.133. The van der Waals surface area contributed by atoms with Gasteiger partial charge in [-0.05, 0) is 24.6 Å². The highest BCUT2D eigenvalue weighted by molar-refractivity contribution is 8.14. The van der Waals surface area contributed by atoms with Gasteiger partial charge in [-0.25, -0.2) is 5.43 Å². The van der Waals surface area contributed by atoms with E-state index in [1.54, 1.807) is 30.3 Å². The normalized spacial score (nSPS) is 19.0. The van der Waals surface area contributed by atoms with E-state index in [4.69, 9.17) is 10.5 Å². The van der Waals surface area contributed by atoms with Gasteiger partial charge in [-0.1, -0.05) is 17.8 Å². The second-order valence-corrected chi connectivity index (χ2v) is 6.16. The summed E-state index contributed by atoms with van der Waals surface area (Å²) in [5, 5.41) is 24.4.